The lowest BCUT2D eigenvalue weighted by Gasteiger charge is -2.06. The number of H-pyrrole nitrogens is 2. The van der Waals surface area contributed by atoms with Crippen LogP contribution in [0.25, 0.3) is 22.2 Å². The zero-order valence-electron chi connectivity index (χ0n) is 13.8. The van der Waals surface area contributed by atoms with E-state index in [-0.39, 0.29) is 5.91 Å². The van der Waals surface area contributed by atoms with Gasteiger partial charge >= 0.3 is 0 Å². The number of hydrogen-bond donors (Lipinski definition) is 3. The topological polar surface area (TPSA) is 73.6 Å². The van der Waals surface area contributed by atoms with Gasteiger partial charge in [0.25, 0.3) is 0 Å². The van der Waals surface area contributed by atoms with Gasteiger partial charge in [-0.25, -0.2) is 4.98 Å². The maximum atomic E-state index is 12.3. The third-order valence-electron chi connectivity index (χ3n) is 4.30. The Morgan fingerprint density at radius 1 is 1.08 bits per heavy atom. The minimum Gasteiger partial charge on any atom is -0.361 e. The van der Waals surface area contributed by atoms with Crippen LogP contribution in [0, 0.1) is 6.92 Å². The molecule has 0 atom stereocenters. The Hall–Kier alpha value is -3.34. The smallest absolute Gasteiger partial charge is 0.228 e. The molecule has 25 heavy (non-hydrogen) atoms. The molecule has 3 N–H and O–H groups in total. The Bertz CT molecular complexity index is 1030. The van der Waals surface area contributed by atoms with Crippen molar-refractivity contribution in [3.05, 3.63) is 72.3 Å². The summed E-state index contributed by atoms with van der Waals surface area (Å²) in [6.07, 6.45) is 3.92. The molecule has 4 rings (SSSR count). The van der Waals surface area contributed by atoms with Crippen LogP contribution >= 0.6 is 0 Å². The van der Waals surface area contributed by atoms with Crippen LogP contribution < -0.4 is 5.32 Å². The summed E-state index contributed by atoms with van der Waals surface area (Å²) in [5, 5.41) is 4.04. The minimum absolute atomic E-state index is 0.0338. The number of carbonyl (C=O) groups excluding carboxylic acids is 1. The molecule has 124 valence electrons. The summed E-state index contributed by atoms with van der Waals surface area (Å²) in [7, 11) is 0. The first-order chi connectivity index (χ1) is 12.2. The highest BCUT2D eigenvalue weighted by molar-refractivity contribution is 5.95. The third kappa shape index (κ3) is 3.04. The molecular weight excluding hydrogens is 312 g/mol. The largest absolute Gasteiger partial charge is 0.361 e. The van der Waals surface area contributed by atoms with Gasteiger partial charge in [0.05, 0.1) is 18.4 Å². The van der Waals surface area contributed by atoms with Crippen molar-refractivity contribution in [2.24, 2.45) is 0 Å². The van der Waals surface area contributed by atoms with E-state index in [1.807, 2.05) is 61.7 Å². The van der Waals surface area contributed by atoms with Crippen LogP contribution in [-0.4, -0.2) is 20.9 Å². The predicted molar refractivity (Wildman–Crippen MR) is 99.4 cm³/mol. The SMILES string of the molecule is Cc1[nH]cnc1-c1ccc(NC(=O)Cc2c[nH]c3ccccc23)cc1. The quantitative estimate of drug-likeness (QED) is 0.528. The molecule has 2 aromatic heterocycles. The van der Waals surface area contributed by atoms with Crippen molar-refractivity contribution in [3.63, 3.8) is 0 Å². The second-order valence-electron chi connectivity index (χ2n) is 6.04. The van der Waals surface area contributed by atoms with Crippen molar-refractivity contribution in [1.82, 2.24) is 15.0 Å². The molecule has 0 saturated carbocycles. The first kappa shape index (κ1) is 15.2. The first-order valence-corrected chi connectivity index (χ1v) is 8.16. The van der Waals surface area contributed by atoms with Crippen molar-refractivity contribution in [2.75, 3.05) is 5.32 Å². The Kier molecular flexibility index (Phi) is 3.82. The number of aryl methyl sites for hydroxylation is 1. The van der Waals surface area contributed by atoms with Gasteiger partial charge in [-0.1, -0.05) is 30.3 Å². The van der Waals surface area contributed by atoms with Gasteiger partial charge in [-0.15, -0.1) is 0 Å². The van der Waals surface area contributed by atoms with Crippen LogP contribution in [0.15, 0.2) is 61.1 Å². The van der Waals surface area contributed by atoms with Crippen molar-refractivity contribution in [3.8, 4) is 11.3 Å². The highest BCUT2D eigenvalue weighted by Crippen LogP contribution is 2.22. The van der Waals surface area contributed by atoms with Gasteiger partial charge in [-0.2, -0.15) is 0 Å². The lowest BCUT2D eigenvalue weighted by molar-refractivity contribution is -0.115. The molecule has 2 aromatic carbocycles. The van der Waals surface area contributed by atoms with Crippen molar-refractivity contribution in [2.45, 2.75) is 13.3 Å². The van der Waals surface area contributed by atoms with Crippen LogP contribution in [0.2, 0.25) is 0 Å². The molecule has 0 radical (unpaired) electrons. The minimum atomic E-state index is -0.0338. The average Bonchev–Trinajstić information content (AvgIpc) is 3.22. The molecule has 0 unspecified atom stereocenters. The van der Waals surface area contributed by atoms with E-state index < -0.39 is 0 Å². The summed E-state index contributed by atoms with van der Waals surface area (Å²) in [4.78, 5) is 22.9. The third-order valence-corrected chi connectivity index (χ3v) is 4.30. The lowest BCUT2D eigenvalue weighted by atomic mass is 10.1. The number of nitrogens with zero attached hydrogens (tertiary/aromatic N) is 1. The zero-order chi connectivity index (χ0) is 17.2. The highest BCUT2D eigenvalue weighted by Gasteiger charge is 2.09. The first-order valence-electron chi connectivity index (χ1n) is 8.16. The molecule has 0 spiro atoms. The van der Waals surface area contributed by atoms with Crippen LogP contribution in [0.4, 0.5) is 5.69 Å². The fraction of sp³-hybridized carbons (Fsp3) is 0.100. The number of hydrogen-bond acceptors (Lipinski definition) is 2. The number of imidazole rings is 1. The van der Waals surface area contributed by atoms with Gasteiger partial charge in [-0.05, 0) is 30.7 Å². The number of aromatic nitrogens is 3. The van der Waals surface area contributed by atoms with E-state index >= 15 is 0 Å². The normalized spacial score (nSPS) is 10.9. The standard InChI is InChI=1S/C20H18N4O/c1-13-20(23-12-22-13)14-6-8-16(9-7-14)24-19(25)10-15-11-21-18-5-3-2-4-17(15)18/h2-9,11-12,21H,10H2,1H3,(H,22,23)(H,24,25). The lowest BCUT2D eigenvalue weighted by Crippen LogP contribution is -2.14. The van der Waals surface area contributed by atoms with Crippen molar-refractivity contribution in [1.29, 1.82) is 0 Å². The number of amides is 1. The zero-order valence-corrected chi connectivity index (χ0v) is 13.8. The maximum absolute atomic E-state index is 12.3. The Morgan fingerprint density at radius 3 is 2.64 bits per heavy atom. The van der Waals surface area contributed by atoms with Crippen molar-refractivity contribution < 1.29 is 4.79 Å². The number of carbonyl (C=O) groups is 1. The number of aromatic amines is 2. The Morgan fingerprint density at radius 2 is 1.88 bits per heavy atom. The van der Waals surface area contributed by atoms with Gasteiger partial charge < -0.3 is 15.3 Å². The van der Waals surface area contributed by atoms with E-state index in [0.29, 0.717) is 6.42 Å². The molecule has 0 aliphatic rings. The van der Waals surface area contributed by atoms with Crippen LogP contribution in [0.5, 0.6) is 0 Å². The van der Waals surface area contributed by atoms with E-state index in [4.69, 9.17) is 0 Å². The van der Waals surface area contributed by atoms with Gasteiger partial charge in [0.2, 0.25) is 5.91 Å². The van der Waals surface area contributed by atoms with Gasteiger partial charge in [-0.3, -0.25) is 4.79 Å². The van der Waals surface area contributed by atoms with Crippen molar-refractivity contribution >= 4 is 22.5 Å². The highest BCUT2D eigenvalue weighted by atomic mass is 16.1. The van der Waals surface area contributed by atoms with E-state index in [1.54, 1.807) is 6.33 Å². The number of anilines is 1. The molecule has 1 amide bonds. The summed E-state index contributed by atoms with van der Waals surface area (Å²) in [6.45, 7) is 1.99. The van der Waals surface area contributed by atoms with E-state index in [9.17, 15) is 4.79 Å². The molecule has 5 nitrogen and oxygen atoms in total. The number of para-hydroxylation sites is 1. The predicted octanol–water partition coefficient (Wildman–Crippen LogP) is 4.05. The number of benzene rings is 2. The fourth-order valence-electron chi connectivity index (χ4n) is 3.02. The second-order valence-corrected chi connectivity index (χ2v) is 6.04. The summed E-state index contributed by atoms with van der Waals surface area (Å²) < 4.78 is 0. The second kappa shape index (κ2) is 6.28. The van der Waals surface area contributed by atoms with Crippen LogP contribution in [0.1, 0.15) is 11.3 Å². The summed E-state index contributed by atoms with van der Waals surface area (Å²) >= 11 is 0. The number of fused-ring (bicyclic) bond motifs is 1. The number of nitrogens with one attached hydrogen (secondary N) is 3. The molecule has 2 heterocycles. The molecule has 4 aromatic rings. The Balaban J connectivity index is 1.47. The summed E-state index contributed by atoms with van der Waals surface area (Å²) in [5.41, 5.74) is 5.80. The molecule has 0 bridgehead atoms. The van der Waals surface area contributed by atoms with Crippen LogP contribution in [-0.2, 0) is 11.2 Å². The average molecular weight is 330 g/mol. The monoisotopic (exact) mass is 330 g/mol. The maximum Gasteiger partial charge on any atom is 0.228 e. The number of rotatable bonds is 4. The molecule has 0 saturated heterocycles. The molecule has 0 fully saturated rings. The Labute approximate surface area is 145 Å². The van der Waals surface area contributed by atoms with Gasteiger partial charge in [0, 0.05) is 34.0 Å². The summed E-state index contributed by atoms with van der Waals surface area (Å²) in [6, 6.07) is 15.7. The van der Waals surface area contributed by atoms with E-state index in [0.717, 1.165) is 39.1 Å². The molecule has 5 heteroatoms. The van der Waals surface area contributed by atoms with Gasteiger partial charge in [0.15, 0.2) is 0 Å². The van der Waals surface area contributed by atoms with E-state index in [2.05, 4.69) is 20.3 Å². The molecule has 0 aliphatic heterocycles. The van der Waals surface area contributed by atoms with E-state index in [1.165, 1.54) is 0 Å². The van der Waals surface area contributed by atoms with Gasteiger partial charge in [0.1, 0.15) is 0 Å². The fourth-order valence-corrected chi connectivity index (χ4v) is 3.02. The summed E-state index contributed by atoms with van der Waals surface area (Å²) in [5.74, 6) is -0.0338. The van der Waals surface area contributed by atoms with Crippen LogP contribution in [0.3, 0.4) is 0 Å². The molecular formula is C20H18N4O. The molecule has 0 aliphatic carbocycles.